The average Bonchev–Trinajstić information content (AvgIpc) is 3.12. The molecule has 3 rings (SSSR count). The van der Waals surface area contributed by atoms with Crippen molar-refractivity contribution in [2.24, 2.45) is 0 Å². The zero-order valence-electron chi connectivity index (χ0n) is 14.8. The van der Waals surface area contributed by atoms with Gasteiger partial charge in [0.2, 0.25) is 0 Å². The number of methoxy groups -OCH3 is 1. The van der Waals surface area contributed by atoms with E-state index in [1.807, 2.05) is 0 Å². The molecule has 3 nitrogen and oxygen atoms in total. The van der Waals surface area contributed by atoms with E-state index in [4.69, 9.17) is 8.85 Å². The van der Waals surface area contributed by atoms with Crippen LogP contribution in [0.5, 0.6) is 5.75 Å². The number of aromatic amines is 1. The lowest BCUT2D eigenvalue weighted by Gasteiger charge is -2.19. The normalized spacial score (nSPS) is 22.5. The van der Waals surface area contributed by atoms with Gasteiger partial charge < -0.3 is 14.6 Å². The lowest BCUT2D eigenvalue weighted by molar-refractivity contribution is 0.145. The number of rotatable bonds is 4. The zero-order chi connectivity index (χ0) is 17.5. The van der Waals surface area contributed by atoms with E-state index in [2.05, 4.69) is 4.98 Å². The molecule has 1 fully saturated rings. The number of likely N-dealkylation sites (N-methyl/N-ethyl adjacent to an activating group) is 1. The summed E-state index contributed by atoms with van der Waals surface area (Å²) < 4.78 is 55.0. The molecule has 1 saturated heterocycles. The highest BCUT2D eigenvalue weighted by atomic mass is 19.3. The summed E-state index contributed by atoms with van der Waals surface area (Å²) in [5, 5.41) is 0.669. The van der Waals surface area contributed by atoms with Crippen LogP contribution in [0.1, 0.15) is 34.6 Å². The molecule has 1 aromatic carbocycles. The number of halogens is 2. The molecule has 1 atom stereocenters. The SMILES string of the molecule is [2H]C([2H])([2H])N1CCC[C@@H]1Cc1c(C(F)F)[nH]c2ccc(OC)cc12. The number of H-pyrrole nitrogens is 1. The number of alkyl halides is 2. The van der Waals surface area contributed by atoms with Crippen LogP contribution < -0.4 is 4.74 Å². The third kappa shape index (κ3) is 2.62. The molecule has 1 N–H and O–H groups in total. The fourth-order valence-electron chi connectivity index (χ4n) is 3.06. The smallest absolute Gasteiger partial charge is 0.278 e. The summed E-state index contributed by atoms with van der Waals surface area (Å²) in [5.41, 5.74) is 0.968. The van der Waals surface area contributed by atoms with Crippen LogP contribution in [-0.2, 0) is 6.42 Å². The first-order valence-corrected chi connectivity index (χ1v) is 7.04. The number of likely N-dealkylation sites (tertiary alicyclic amines) is 1. The second-order valence-corrected chi connectivity index (χ2v) is 5.42. The maximum Gasteiger partial charge on any atom is 0.278 e. The molecule has 0 amide bonds. The summed E-state index contributed by atoms with van der Waals surface area (Å²) >= 11 is 0. The van der Waals surface area contributed by atoms with Gasteiger partial charge in [-0.15, -0.1) is 0 Å². The van der Waals surface area contributed by atoms with Crippen molar-refractivity contribution in [1.29, 1.82) is 0 Å². The Morgan fingerprint density at radius 1 is 1.52 bits per heavy atom. The number of nitrogens with one attached hydrogen (secondary N) is 1. The topological polar surface area (TPSA) is 28.3 Å². The highest BCUT2D eigenvalue weighted by Gasteiger charge is 2.26. The molecule has 1 aromatic heterocycles. The van der Waals surface area contributed by atoms with E-state index >= 15 is 0 Å². The van der Waals surface area contributed by atoms with Crippen LogP contribution in [0.25, 0.3) is 10.9 Å². The maximum absolute atomic E-state index is 13.5. The largest absolute Gasteiger partial charge is 0.497 e. The molecule has 0 spiro atoms. The minimum atomic E-state index is -2.64. The molecule has 0 radical (unpaired) electrons. The first kappa shape index (κ1) is 11.0. The van der Waals surface area contributed by atoms with E-state index in [0.29, 0.717) is 35.2 Å². The maximum atomic E-state index is 13.5. The van der Waals surface area contributed by atoms with Crippen LogP contribution in [0.2, 0.25) is 0 Å². The van der Waals surface area contributed by atoms with Crippen molar-refractivity contribution in [3.8, 4) is 5.75 Å². The highest BCUT2D eigenvalue weighted by Crippen LogP contribution is 2.34. The Morgan fingerprint density at radius 3 is 3.10 bits per heavy atom. The Bertz CT molecular complexity index is 730. The summed E-state index contributed by atoms with van der Waals surface area (Å²) in [6.07, 6.45) is -0.900. The fourth-order valence-corrected chi connectivity index (χ4v) is 3.06. The van der Waals surface area contributed by atoms with Crippen LogP contribution >= 0.6 is 0 Å². The van der Waals surface area contributed by atoms with E-state index in [0.717, 1.165) is 6.42 Å². The third-order valence-corrected chi connectivity index (χ3v) is 4.18. The molecular weight excluding hydrogens is 274 g/mol. The number of nitrogens with zero attached hydrogens (tertiary/aromatic N) is 1. The number of fused-ring (bicyclic) bond motifs is 1. The van der Waals surface area contributed by atoms with Crippen LogP contribution in [0, 0.1) is 0 Å². The van der Waals surface area contributed by atoms with Crippen molar-refractivity contribution >= 4 is 10.9 Å². The van der Waals surface area contributed by atoms with Gasteiger partial charge in [0.15, 0.2) is 0 Å². The average molecular weight is 297 g/mol. The Morgan fingerprint density at radius 2 is 2.38 bits per heavy atom. The van der Waals surface area contributed by atoms with Gasteiger partial charge in [-0.1, -0.05) is 0 Å². The van der Waals surface area contributed by atoms with Crippen molar-refractivity contribution in [3.63, 3.8) is 0 Å². The molecule has 1 aliphatic heterocycles. The lowest BCUT2D eigenvalue weighted by atomic mass is 10.0. The quantitative estimate of drug-likeness (QED) is 0.931. The second kappa shape index (κ2) is 5.64. The van der Waals surface area contributed by atoms with E-state index in [-0.39, 0.29) is 18.2 Å². The number of ether oxygens (including phenoxy) is 1. The molecule has 0 bridgehead atoms. The van der Waals surface area contributed by atoms with Crippen molar-refractivity contribution < 1.29 is 17.6 Å². The Labute approximate surface area is 127 Å². The van der Waals surface area contributed by atoms with Gasteiger partial charge in [0.25, 0.3) is 6.43 Å². The number of benzene rings is 1. The Balaban J connectivity index is 2.02. The van der Waals surface area contributed by atoms with Gasteiger partial charge >= 0.3 is 0 Å². The summed E-state index contributed by atoms with van der Waals surface area (Å²) in [6, 6.07) is 4.88. The zero-order valence-corrected chi connectivity index (χ0v) is 11.8. The summed E-state index contributed by atoms with van der Waals surface area (Å²) in [5.74, 6) is 0.586. The molecule has 0 saturated carbocycles. The molecule has 1 aliphatic rings. The van der Waals surface area contributed by atoms with Gasteiger partial charge in [-0.05, 0) is 56.5 Å². The van der Waals surface area contributed by atoms with Gasteiger partial charge in [0.1, 0.15) is 5.75 Å². The third-order valence-electron chi connectivity index (χ3n) is 4.18. The molecular formula is C16H20F2N2O. The van der Waals surface area contributed by atoms with Gasteiger partial charge in [-0.3, -0.25) is 0 Å². The summed E-state index contributed by atoms with van der Waals surface area (Å²) in [6.45, 7) is -1.73. The Hall–Kier alpha value is -1.62. The van der Waals surface area contributed by atoms with Crippen molar-refractivity contribution in [1.82, 2.24) is 9.88 Å². The fraction of sp³-hybridized carbons (Fsp3) is 0.500. The second-order valence-electron chi connectivity index (χ2n) is 5.42. The highest BCUT2D eigenvalue weighted by molar-refractivity contribution is 5.86. The van der Waals surface area contributed by atoms with Crippen LogP contribution in [0.15, 0.2) is 18.2 Å². The summed E-state index contributed by atoms with van der Waals surface area (Å²) in [7, 11) is 1.52. The van der Waals surface area contributed by atoms with Crippen molar-refractivity contribution in [3.05, 3.63) is 29.5 Å². The minimum Gasteiger partial charge on any atom is -0.497 e. The van der Waals surface area contributed by atoms with Crippen molar-refractivity contribution in [2.45, 2.75) is 31.7 Å². The van der Waals surface area contributed by atoms with Gasteiger partial charge in [0.05, 0.1) is 12.8 Å². The van der Waals surface area contributed by atoms with E-state index in [9.17, 15) is 8.78 Å². The molecule has 114 valence electrons. The molecule has 2 heterocycles. The predicted octanol–water partition coefficient (Wildman–Crippen LogP) is 3.75. The minimum absolute atomic E-state index is 0.129. The first-order chi connectivity index (χ1) is 11.3. The molecule has 21 heavy (non-hydrogen) atoms. The molecule has 2 aromatic rings. The number of hydrogen-bond acceptors (Lipinski definition) is 2. The monoisotopic (exact) mass is 297 g/mol. The predicted molar refractivity (Wildman–Crippen MR) is 79.2 cm³/mol. The van der Waals surface area contributed by atoms with E-state index in [1.165, 1.54) is 12.0 Å². The van der Waals surface area contributed by atoms with E-state index in [1.54, 1.807) is 18.2 Å². The van der Waals surface area contributed by atoms with Gasteiger partial charge in [-0.2, -0.15) is 0 Å². The lowest BCUT2D eigenvalue weighted by Crippen LogP contribution is -2.27. The van der Waals surface area contributed by atoms with E-state index < -0.39 is 13.4 Å². The standard InChI is InChI=1S/C16H20F2N2O/c1-20-7-3-4-10(20)8-13-12-9-11(21-2)5-6-14(12)19-15(13)16(17)18/h5-6,9-10,16,19H,3-4,7-8H2,1-2H3/t10-/m1/s1/i1D3. The molecule has 5 heteroatoms. The van der Waals surface area contributed by atoms with Crippen LogP contribution in [0.3, 0.4) is 0 Å². The molecule has 0 unspecified atom stereocenters. The van der Waals surface area contributed by atoms with Crippen molar-refractivity contribution in [2.75, 3.05) is 20.6 Å². The summed E-state index contributed by atoms with van der Waals surface area (Å²) in [4.78, 5) is 4.22. The number of aromatic nitrogens is 1. The first-order valence-electron chi connectivity index (χ1n) is 8.54. The Kier molecular flexibility index (Phi) is 2.96. The van der Waals surface area contributed by atoms with Crippen LogP contribution in [0.4, 0.5) is 8.78 Å². The van der Waals surface area contributed by atoms with Gasteiger partial charge in [0, 0.05) is 21.1 Å². The molecule has 0 aliphatic carbocycles. The van der Waals surface area contributed by atoms with Gasteiger partial charge in [-0.25, -0.2) is 8.78 Å². The number of hydrogen-bond donors (Lipinski definition) is 1. The van der Waals surface area contributed by atoms with Crippen LogP contribution in [-0.4, -0.2) is 36.6 Å².